The molecule has 0 fully saturated rings. The van der Waals surface area contributed by atoms with Gasteiger partial charge in [-0.2, -0.15) is 4.79 Å². The minimum atomic E-state index is -4.50. The van der Waals surface area contributed by atoms with E-state index in [0.717, 1.165) is 0 Å². The summed E-state index contributed by atoms with van der Waals surface area (Å²) in [7, 11) is -4.50. The molecule has 82 valence electrons. The van der Waals surface area contributed by atoms with E-state index in [4.69, 9.17) is 5.53 Å². The number of fused-ring (bicyclic) bond motifs is 1. The van der Waals surface area contributed by atoms with E-state index in [1.807, 2.05) is 0 Å². The Labute approximate surface area is 121 Å². The van der Waals surface area contributed by atoms with E-state index in [2.05, 4.69) is 4.79 Å². The van der Waals surface area contributed by atoms with Gasteiger partial charge in [0.25, 0.3) is 0 Å². The average Bonchev–Trinajstić information content (AvgIpc) is 2.26. The molecule has 7 heteroatoms. The van der Waals surface area contributed by atoms with Crippen LogP contribution in [0, 0.1) is 0 Å². The zero-order valence-electron chi connectivity index (χ0n) is 9.12. The third-order valence-corrected chi connectivity index (χ3v) is 3.30. The molecule has 1 aromatic carbocycles. The molecule has 0 bridgehead atoms. The molecule has 5 nitrogen and oxygen atoms in total. The summed E-state index contributed by atoms with van der Waals surface area (Å²) in [5, 5.41) is 0. The normalized spacial score (nSPS) is 14.2. The Morgan fingerprint density at radius 2 is 1.82 bits per heavy atom. The van der Waals surface area contributed by atoms with E-state index < -0.39 is 10.1 Å². The number of hydrogen-bond donors (Lipinski definition) is 0. The maximum atomic E-state index is 11.0. The number of rotatable bonds is 1. The molecule has 0 N–H and O–H groups in total. The summed E-state index contributed by atoms with van der Waals surface area (Å²) in [4.78, 5) is 2.83. The SMILES string of the molecule is [N-]=[N+]=C1CC=C(S(=O)(=O)[O-])c2ccccc21.[Na+]. The minimum absolute atomic E-state index is 0. The van der Waals surface area contributed by atoms with Crippen molar-refractivity contribution < 1.29 is 47.3 Å². The molecule has 2 rings (SSSR count). The zero-order valence-corrected chi connectivity index (χ0v) is 11.9. The second kappa shape index (κ2) is 5.27. The average molecular weight is 258 g/mol. The van der Waals surface area contributed by atoms with Gasteiger partial charge in [-0.25, -0.2) is 8.42 Å². The Bertz CT molecular complexity index is 631. The van der Waals surface area contributed by atoms with E-state index in [0.29, 0.717) is 11.3 Å². The summed E-state index contributed by atoms with van der Waals surface area (Å²) < 4.78 is 33.1. The monoisotopic (exact) mass is 258 g/mol. The van der Waals surface area contributed by atoms with Gasteiger partial charge in [0, 0.05) is 5.56 Å². The van der Waals surface area contributed by atoms with Crippen LogP contribution in [0.5, 0.6) is 0 Å². The topological polar surface area (TPSA) is 93.6 Å². The Morgan fingerprint density at radius 1 is 1.24 bits per heavy atom. The van der Waals surface area contributed by atoms with Gasteiger partial charge in [-0.1, -0.05) is 24.3 Å². The number of allylic oxidation sites excluding steroid dienone is 1. The Kier molecular flexibility index (Phi) is 4.43. The van der Waals surface area contributed by atoms with Crippen LogP contribution in [0.3, 0.4) is 0 Å². The smallest absolute Gasteiger partial charge is 0.744 e. The van der Waals surface area contributed by atoms with Crippen LogP contribution in [0.2, 0.25) is 0 Å². The van der Waals surface area contributed by atoms with E-state index >= 15 is 0 Å². The quantitative estimate of drug-likeness (QED) is 0.252. The number of benzene rings is 1. The molecule has 0 heterocycles. The first-order chi connectivity index (χ1) is 7.54. The van der Waals surface area contributed by atoms with Gasteiger partial charge >= 0.3 is 35.3 Å². The molecule has 0 saturated carbocycles. The predicted molar refractivity (Wildman–Crippen MR) is 56.5 cm³/mol. The van der Waals surface area contributed by atoms with Gasteiger partial charge in [-0.3, -0.25) is 0 Å². The van der Waals surface area contributed by atoms with Crippen LogP contribution in [0.4, 0.5) is 0 Å². The Morgan fingerprint density at radius 3 is 2.35 bits per heavy atom. The minimum Gasteiger partial charge on any atom is -0.744 e. The predicted octanol–water partition coefficient (Wildman–Crippen LogP) is -2.00. The second-order valence-electron chi connectivity index (χ2n) is 3.32. The molecule has 1 aliphatic rings. The van der Waals surface area contributed by atoms with Gasteiger partial charge in [0.05, 0.1) is 16.9 Å². The molecular formula is C10H7N2NaO3S. The fourth-order valence-corrected chi connectivity index (χ4v) is 2.43. The van der Waals surface area contributed by atoms with Gasteiger partial charge in [-0.05, 0) is 6.07 Å². The maximum Gasteiger partial charge on any atom is 1.00 e. The van der Waals surface area contributed by atoms with Crippen LogP contribution in [-0.2, 0) is 10.1 Å². The van der Waals surface area contributed by atoms with E-state index in [1.54, 1.807) is 18.2 Å². The van der Waals surface area contributed by atoms with Crippen LogP contribution < -0.4 is 29.6 Å². The van der Waals surface area contributed by atoms with Crippen LogP contribution in [-0.4, -0.2) is 23.5 Å². The van der Waals surface area contributed by atoms with Gasteiger partial charge in [0.15, 0.2) is 0 Å². The molecule has 17 heavy (non-hydrogen) atoms. The van der Waals surface area contributed by atoms with Crippen molar-refractivity contribution >= 4 is 20.7 Å². The van der Waals surface area contributed by atoms with E-state index in [1.165, 1.54) is 12.1 Å². The summed E-state index contributed by atoms with van der Waals surface area (Å²) in [5.74, 6) is 0. The van der Waals surface area contributed by atoms with E-state index in [-0.39, 0.29) is 46.4 Å². The van der Waals surface area contributed by atoms with Gasteiger partial charge in [-0.15, -0.1) is 0 Å². The van der Waals surface area contributed by atoms with Gasteiger partial charge < -0.3 is 10.1 Å². The first-order valence-corrected chi connectivity index (χ1v) is 5.91. The summed E-state index contributed by atoms with van der Waals surface area (Å²) in [5.41, 5.74) is 9.87. The molecular weight excluding hydrogens is 251 g/mol. The van der Waals surface area contributed by atoms with Gasteiger partial charge in [0.1, 0.15) is 10.1 Å². The molecule has 0 amide bonds. The fourth-order valence-electron chi connectivity index (χ4n) is 1.69. The molecule has 1 aromatic rings. The van der Waals surface area contributed by atoms with E-state index in [9.17, 15) is 13.0 Å². The van der Waals surface area contributed by atoms with Crippen molar-refractivity contribution in [2.24, 2.45) is 0 Å². The number of hydrogen-bond acceptors (Lipinski definition) is 3. The molecule has 0 aliphatic heterocycles. The third-order valence-electron chi connectivity index (χ3n) is 2.37. The van der Waals surface area contributed by atoms with Crippen LogP contribution in [0.25, 0.3) is 10.4 Å². The summed E-state index contributed by atoms with van der Waals surface area (Å²) >= 11 is 0. The van der Waals surface area contributed by atoms with Crippen molar-refractivity contribution in [2.45, 2.75) is 6.42 Å². The van der Waals surface area contributed by atoms with Crippen molar-refractivity contribution in [3.63, 3.8) is 0 Å². The van der Waals surface area contributed by atoms with Crippen molar-refractivity contribution in [3.8, 4) is 0 Å². The summed E-state index contributed by atoms with van der Waals surface area (Å²) in [6, 6.07) is 6.44. The fraction of sp³-hybridized carbons (Fsp3) is 0.100. The van der Waals surface area contributed by atoms with Crippen LogP contribution >= 0.6 is 0 Å². The van der Waals surface area contributed by atoms with Crippen LogP contribution in [0.1, 0.15) is 17.5 Å². The summed E-state index contributed by atoms with van der Waals surface area (Å²) in [6.07, 6.45) is 1.39. The molecule has 0 spiro atoms. The van der Waals surface area contributed by atoms with Crippen molar-refractivity contribution in [1.29, 1.82) is 0 Å². The van der Waals surface area contributed by atoms with Crippen molar-refractivity contribution in [2.75, 3.05) is 0 Å². The molecule has 0 radical (unpaired) electrons. The first-order valence-electron chi connectivity index (χ1n) is 4.51. The molecule has 0 atom stereocenters. The van der Waals surface area contributed by atoms with Crippen molar-refractivity contribution in [1.82, 2.24) is 0 Å². The van der Waals surface area contributed by atoms with Crippen LogP contribution in [0.15, 0.2) is 30.3 Å². The Hall–Kier alpha value is -0.750. The molecule has 0 saturated heterocycles. The van der Waals surface area contributed by atoms with Crippen molar-refractivity contribution in [3.05, 3.63) is 47.0 Å². The third kappa shape index (κ3) is 2.74. The standard InChI is InChI=1S/C10H8N2O3S.Na/c11-12-9-5-6-10(16(13,14)15)8-4-2-1-3-7(8)9;/h1-4,6H,5H2,(H,13,14,15);/q;+1/p-1. The van der Waals surface area contributed by atoms with Gasteiger partial charge in [0.2, 0.25) is 0 Å². The maximum absolute atomic E-state index is 11.0. The summed E-state index contributed by atoms with van der Waals surface area (Å²) in [6.45, 7) is 0. The second-order valence-corrected chi connectivity index (χ2v) is 4.67. The molecule has 0 aromatic heterocycles. The molecule has 0 unspecified atom stereocenters. The number of nitrogens with zero attached hydrogens (tertiary/aromatic N) is 2. The molecule has 1 aliphatic carbocycles. The largest absolute Gasteiger partial charge is 1.00 e. The first kappa shape index (κ1) is 14.3. The zero-order chi connectivity index (χ0) is 11.8. The Balaban J connectivity index is 0.00000144.